The molecule has 0 radical (unpaired) electrons. The van der Waals surface area contributed by atoms with Crippen LogP contribution in [0.15, 0.2) is 65.7 Å². The van der Waals surface area contributed by atoms with Crippen LogP contribution in [0.2, 0.25) is 0 Å². The molecule has 2 aromatic carbocycles. The number of ether oxygens (including phenoxy) is 2. The Kier molecular flexibility index (Phi) is 6.68. The number of H-pyrrole nitrogens is 1. The number of nitrogens with zero attached hydrogens (tertiary/aromatic N) is 5. The summed E-state index contributed by atoms with van der Waals surface area (Å²) in [5.74, 6) is 1.24. The fraction of sp³-hybridized carbons (Fsp3) is 0.130. The fourth-order valence-electron chi connectivity index (χ4n) is 3.31. The molecule has 0 amide bonds. The molecule has 176 valence electrons. The standard InChI is InChI=1S/C23H21N9O3/c1-34-17-11-15(12-18(13-17)35-10-7-24)19(29-16-5-3-14(4-6-16)20(25)26)21-30-23(33)32(31-21)22-27-8-2-9-28-22/h2-6,8-9,11-13,19,29H,10H2,1H3,(H3,25,26)(H,30,31,33). The number of anilines is 1. The summed E-state index contributed by atoms with van der Waals surface area (Å²) in [7, 11) is 1.51. The van der Waals surface area contributed by atoms with E-state index >= 15 is 0 Å². The molecule has 1 atom stereocenters. The molecular weight excluding hydrogens is 450 g/mol. The van der Waals surface area contributed by atoms with Crippen molar-refractivity contribution in [3.05, 3.63) is 88.4 Å². The Labute approximate surface area is 199 Å². The topological polar surface area (TPSA) is 181 Å². The van der Waals surface area contributed by atoms with Crippen molar-refractivity contribution >= 4 is 11.5 Å². The maximum atomic E-state index is 12.7. The summed E-state index contributed by atoms with van der Waals surface area (Å²) >= 11 is 0. The van der Waals surface area contributed by atoms with E-state index in [1.54, 1.807) is 48.5 Å². The summed E-state index contributed by atoms with van der Waals surface area (Å²) in [6.07, 6.45) is 3.02. The molecule has 35 heavy (non-hydrogen) atoms. The Hall–Kier alpha value is -5.18. The van der Waals surface area contributed by atoms with Gasteiger partial charge in [-0.05, 0) is 48.0 Å². The van der Waals surface area contributed by atoms with E-state index in [9.17, 15) is 4.79 Å². The van der Waals surface area contributed by atoms with Gasteiger partial charge in [0.25, 0.3) is 5.95 Å². The van der Waals surface area contributed by atoms with E-state index in [1.807, 2.05) is 6.07 Å². The van der Waals surface area contributed by atoms with Crippen molar-refractivity contribution in [2.24, 2.45) is 5.73 Å². The van der Waals surface area contributed by atoms with Crippen LogP contribution < -0.4 is 26.2 Å². The van der Waals surface area contributed by atoms with Crippen molar-refractivity contribution in [3.63, 3.8) is 0 Å². The molecule has 0 bridgehead atoms. The monoisotopic (exact) mass is 471 g/mol. The van der Waals surface area contributed by atoms with Crippen molar-refractivity contribution in [2.45, 2.75) is 6.04 Å². The van der Waals surface area contributed by atoms with E-state index in [0.717, 1.165) is 4.68 Å². The molecule has 0 fully saturated rings. The van der Waals surface area contributed by atoms with E-state index in [1.165, 1.54) is 19.5 Å². The molecule has 0 saturated carbocycles. The molecule has 2 heterocycles. The number of amidine groups is 1. The molecule has 4 rings (SSSR count). The second kappa shape index (κ2) is 10.2. The van der Waals surface area contributed by atoms with Crippen LogP contribution in [0.25, 0.3) is 5.95 Å². The Morgan fingerprint density at radius 2 is 1.94 bits per heavy atom. The van der Waals surface area contributed by atoms with E-state index in [0.29, 0.717) is 28.3 Å². The van der Waals surface area contributed by atoms with Gasteiger partial charge in [0.15, 0.2) is 12.4 Å². The zero-order valence-corrected chi connectivity index (χ0v) is 18.6. The van der Waals surface area contributed by atoms with Gasteiger partial charge >= 0.3 is 5.69 Å². The van der Waals surface area contributed by atoms with Gasteiger partial charge in [-0.15, -0.1) is 9.78 Å². The average Bonchev–Trinajstić information content (AvgIpc) is 3.27. The highest BCUT2D eigenvalue weighted by Gasteiger charge is 2.22. The van der Waals surface area contributed by atoms with Crippen molar-refractivity contribution in [1.29, 1.82) is 10.7 Å². The second-order valence-electron chi connectivity index (χ2n) is 7.23. The van der Waals surface area contributed by atoms with Gasteiger partial charge in [-0.3, -0.25) is 10.4 Å². The predicted octanol–water partition coefficient (Wildman–Crippen LogP) is 1.75. The third kappa shape index (κ3) is 5.25. The largest absolute Gasteiger partial charge is 0.497 e. The van der Waals surface area contributed by atoms with Gasteiger partial charge in [0, 0.05) is 29.7 Å². The lowest BCUT2D eigenvalue weighted by Crippen LogP contribution is -2.18. The molecular formula is C23H21N9O3. The van der Waals surface area contributed by atoms with Crippen molar-refractivity contribution in [2.75, 3.05) is 19.0 Å². The number of nitriles is 1. The lowest BCUT2D eigenvalue weighted by molar-refractivity contribution is 0.360. The number of nitrogen functional groups attached to an aromatic ring is 1. The molecule has 0 aliphatic carbocycles. The van der Waals surface area contributed by atoms with E-state index < -0.39 is 11.7 Å². The quantitative estimate of drug-likeness (QED) is 0.209. The first-order chi connectivity index (χ1) is 17.0. The molecule has 0 saturated heterocycles. The molecule has 2 aromatic heterocycles. The Balaban J connectivity index is 1.80. The minimum absolute atomic E-state index is 0.0499. The maximum absolute atomic E-state index is 12.7. The summed E-state index contributed by atoms with van der Waals surface area (Å²) < 4.78 is 12.0. The van der Waals surface area contributed by atoms with Gasteiger partial charge in [0.2, 0.25) is 0 Å². The van der Waals surface area contributed by atoms with Crippen molar-refractivity contribution in [3.8, 4) is 23.5 Å². The zero-order valence-electron chi connectivity index (χ0n) is 18.6. The number of nitrogens with two attached hydrogens (primary N) is 1. The lowest BCUT2D eigenvalue weighted by Gasteiger charge is -2.20. The number of rotatable bonds is 9. The van der Waals surface area contributed by atoms with Gasteiger partial charge in [-0.25, -0.2) is 14.8 Å². The summed E-state index contributed by atoms with van der Waals surface area (Å²) in [6, 6.07) is 14.9. The predicted molar refractivity (Wildman–Crippen MR) is 127 cm³/mol. The van der Waals surface area contributed by atoms with E-state index in [4.69, 9.17) is 25.9 Å². The van der Waals surface area contributed by atoms with Crippen LogP contribution in [0.5, 0.6) is 11.5 Å². The number of nitrogens with one attached hydrogen (secondary N) is 3. The minimum atomic E-state index is -0.671. The van der Waals surface area contributed by atoms with Gasteiger partial charge in [-0.2, -0.15) is 5.26 Å². The van der Waals surface area contributed by atoms with Crippen LogP contribution in [0, 0.1) is 16.7 Å². The van der Waals surface area contributed by atoms with Crippen LogP contribution in [0.1, 0.15) is 23.0 Å². The van der Waals surface area contributed by atoms with Gasteiger partial charge in [-0.1, -0.05) is 0 Å². The first kappa shape index (κ1) is 23.0. The summed E-state index contributed by atoms with van der Waals surface area (Å²) in [5.41, 5.74) is 6.92. The molecule has 12 heteroatoms. The van der Waals surface area contributed by atoms with Gasteiger partial charge in [0.05, 0.1) is 7.11 Å². The van der Waals surface area contributed by atoms with Crippen molar-refractivity contribution < 1.29 is 9.47 Å². The number of hydrogen-bond acceptors (Lipinski definition) is 9. The molecule has 0 aliphatic rings. The first-order valence-corrected chi connectivity index (χ1v) is 10.3. The SMILES string of the molecule is COc1cc(OCC#N)cc(C(Nc2ccc(C(=N)N)cc2)c2nn(-c3ncccn3)c(=O)[nH]2)c1. The van der Waals surface area contributed by atoms with Crippen LogP contribution in [0.3, 0.4) is 0 Å². The van der Waals surface area contributed by atoms with E-state index in [2.05, 4.69) is 25.4 Å². The first-order valence-electron chi connectivity index (χ1n) is 10.3. The van der Waals surface area contributed by atoms with Crippen LogP contribution in [-0.2, 0) is 0 Å². The number of benzene rings is 2. The minimum Gasteiger partial charge on any atom is -0.497 e. The van der Waals surface area contributed by atoms with Gasteiger partial charge in [0.1, 0.15) is 29.4 Å². The summed E-state index contributed by atoms with van der Waals surface area (Å²) in [5, 5.41) is 24.2. The molecule has 1 unspecified atom stereocenters. The fourth-order valence-corrected chi connectivity index (χ4v) is 3.31. The van der Waals surface area contributed by atoms with Crippen LogP contribution in [0.4, 0.5) is 5.69 Å². The van der Waals surface area contributed by atoms with Crippen molar-refractivity contribution in [1.82, 2.24) is 24.7 Å². The number of aromatic amines is 1. The third-order valence-electron chi connectivity index (χ3n) is 4.93. The second-order valence-corrected chi connectivity index (χ2v) is 7.23. The summed E-state index contributed by atoms with van der Waals surface area (Å²) in [6.45, 7) is -0.145. The average molecular weight is 471 g/mol. The molecule has 0 spiro atoms. The highest BCUT2D eigenvalue weighted by atomic mass is 16.5. The number of aromatic nitrogens is 5. The van der Waals surface area contributed by atoms with Crippen LogP contribution in [-0.4, -0.2) is 44.3 Å². The molecule has 12 nitrogen and oxygen atoms in total. The molecule has 5 N–H and O–H groups in total. The highest BCUT2D eigenvalue weighted by Crippen LogP contribution is 2.31. The summed E-state index contributed by atoms with van der Waals surface area (Å²) in [4.78, 5) is 23.6. The molecule has 0 aliphatic heterocycles. The van der Waals surface area contributed by atoms with Gasteiger partial charge < -0.3 is 20.5 Å². The Morgan fingerprint density at radius 3 is 2.60 bits per heavy atom. The van der Waals surface area contributed by atoms with E-state index in [-0.39, 0.29) is 24.2 Å². The number of hydrogen-bond donors (Lipinski definition) is 4. The lowest BCUT2D eigenvalue weighted by atomic mass is 10.0. The Bertz CT molecular complexity index is 1420. The molecule has 4 aromatic rings. The smallest absolute Gasteiger partial charge is 0.350 e. The zero-order chi connectivity index (χ0) is 24.8. The number of methoxy groups -OCH3 is 1. The normalized spacial score (nSPS) is 11.3. The van der Waals surface area contributed by atoms with Crippen LogP contribution >= 0.6 is 0 Å². The maximum Gasteiger partial charge on any atom is 0.350 e. The third-order valence-corrected chi connectivity index (χ3v) is 4.93. The Morgan fingerprint density at radius 1 is 1.23 bits per heavy atom. The highest BCUT2D eigenvalue weighted by molar-refractivity contribution is 5.95.